The molecule has 21 heavy (non-hydrogen) atoms. The summed E-state index contributed by atoms with van der Waals surface area (Å²) in [6.45, 7) is 0. The molecular formula is C14H12BrClN2O2S. The van der Waals surface area contributed by atoms with E-state index in [1.54, 1.807) is 0 Å². The zero-order chi connectivity index (χ0) is 15.0. The van der Waals surface area contributed by atoms with E-state index >= 15 is 0 Å². The Morgan fingerprint density at radius 3 is 2.71 bits per heavy atom. The summed E-state index contributed by atoms with van der Waals surface area (Å²) < 4.78 is 28.0. The monoisotopic (exact) mass is 386 g/mol. The maximum atomic E-state index is 12.4. The Bertz CT molecular complexity index is 768. The fourth-order valence-electron chi connectivity index (χ4n) is 2.25. The number of halogens is 2. The molecule has 4 nitrogen and oxygen atoms in total. The summed E-state index contributed by atoms with van der Waals surface area (Å²) in [6.07, 6.45) is 2.26. The molecule has 3 rings (SSSR count). The van der Waals surface area contributed by atoms with Crippen molar-refractivity contribution in [3.8, 4) is 0 Å². The number of nitrogens with zero attached hydrogens (tertiary/aromatic N) is 1. The van der Waals surface area contributed by atoms with Crippen LogP contribution in [0, 0.1) is 0 Å². The van der Waals surface area contributed by atoms with Gasteiger partial charge >= 0.3 is 0 Å². The lowest BCUT2D eigenvalue weighted by Gasteiger charge is -2.08. The third kappa shape index (κ3) is 3.29. The highest BCUT2D eigenvalue weighted by molar-refractivity contribution is 9.10. The fraction of sp³-hybridized carbons (Fsp3) is 0.214. The molecule has 0 aliphatic heterocycles. The predicted octanol–water partition coefficient (Wildman–Crippen LogP) is 3.33. The molecule has 0 bridgehead atoms. The van der Waals surface area contributed by atoms with Gasteiger partial charge in [0.25, 0.3) is 0 Å². The molecule has 0 spiro atoms. The summed E-state index contributed by atoms with van der Waals surface area (Å²) in [4.78, 5) is 3.85. The van der Waals surface area contributed by atoms with Crippen LogP contribution in [0.5, 0.6) is 0 Å². The molecule has 0 radical (unpaired) electrons. The van der Waals surface area contributed by atoms with Crippen molar-refractivity contribution >= 4 is 37.6 Å². The second-order valence-corrected chi connectivity index (χ2v) is 7.88. The first-order valence-corrected chi connectivity index (χ1v) is 9.01. The molecule has 1 saturated carbocycles. The highest BCUT2D eigenvalue weighted by Crippen LogP contribution is 2.41. The van der Waals surface area contributed by atoms with Crippen LogP contribution < -0.4 is 4.72 Å². The molecule has 1 heterocycles. The summed E-state index contributed by atoms with van der Waals surface area (Å²) >= 11 is 9.09. The third-order valence-corrected chi connectivity index (χ3v) is 5.74. The zero-order valence-electron chi connectivity index (χ0n) is 10.8. The molecule has 7 heteroatoms. The van der Waals surface area contributed by atoms with Crippen molar-refractivity contribution in [2.45, 2.75) is 23.3 Å². The van der Waals surface area contributed by atoms with Crippen LogP contribution in [0.2, 0.25) is 5.15 Å². The van der Waals surface area contributed by atoms with Crippen molar-refractivity contribution in [2.75, 3.05) is 0 Å². The Labute approximate surface area is 136 Å². The molecule has 1 aromatic heterocycles. The second-order valence-electron chi connectivity index (χ2n) is 4.92. The Balaban J connectivity index is 1.78. The van der Waals surface area contributed by atoms with Gasteiger partial charge in [0.15, 0.2) is 0 Å². The third-order valence-electron chi connectivity index (χ3n) is 3.39. The molecule has 2 aromatic rings. The number of pyridine rings is 1. The number of hydrogen-bond acceptors (Lipinski definition) is 3. The van der Waals surface area contributed by atoms with Crippen LogP contribution in [0.15, 0.2) is 52.0 Å². The Morgan fingerprint density at radius 2 is 2.00 bits per heavy atom. The summed E-state index contributed by atoms with van der Waals surface area (Å²) in [5, 5.41) is -0.0254. The number of aromatic nitrogens is 1. The van der Waals surface area contributed by atoms with Crippen molar-refractivity contribution < 1.29 is 8.42 Å². The molecule has 1 aliphatic carbocycles. The molecule has 1 N–H and O–H groups in total. The first-order chi connectivity index (χ1) is 9.97. The van der Waals surface area contributed by atoms with Gasteiger partial charge in [0.05, 0.1) is 0 Å². The van der Waals surface area contributed by atoms with Crippen molar-refractivity contribution in [3.63, 3.8) is 0 Å². The smallest absolute Gasteiger partial charge is 0.242 e. The molecule has 2 atom stereocenters. The predicted molar refractivity (Wildman–Crippen MR) is 84.9 cm³/mol. The molecular weight excluding hydrogens is 376 g/mol. The van der Waals surface area contributed by atoms with Crippen LogP contribution >= 0.6 is 27.5 Å². The number of hydrogen-bond donors (Lipinski definition) is 1. The number of nitrogens with one attached hydrogen (secondary N) is 1. The summed E-state index contributed by atoms with van der Waals surface area (Å²) in [5.74, 6) is 0.222. The molecule has 110 valence electrons. The molecule has 1 aromatic carbocycles. The minimum Gasteiger partial charge on any atom is -0.242 e. The summed E-state index contributed by atoms with van der Waals surface area (Å²) in [6, 6.07) is 11.2. The lowest BCUT2D eigenvalue weighted by molar-refractivity contribution is 0.579. The van der Waals surface area contributed by atoms with Gasteiger partial charge in [0.2, 0.25) is 10.0 Å². The first kappa shape index (κ1) is 15.0. The van der Waals surface area contributed by atoms with Crippen molar-refractivity contribution in [3.05, 3.63) is 57.8 Å². The fourth-order valence-corrected chi connectivity index (χ4v) is 4.48. The van der Waals surface area contributed by atoms with E-state index in [0.717, 1.165) is 12.0 Å². The van der Waals surface area contributed by atoms with Gasteiger partial charge < -0.3 is 0 Å². The maximum Gasteiger partial charge on any atom is 0.243 e. The maximum absolute atomic E-state index is 12.4. The van der Waals surface area contributed by atoms with E-state index in [0.29, 0.717) is 4.47 Å². The molecule has 0 saturated heterocycles. The van der Waals surface area contributed by atoms with E-state index in [1.165, 1.54) is 12.3 Å². The van der Waals surface area contributed by atoms with E-state index in [1.807, 2.05) is 30.3 Å². The van der Waals surface area contributed by atoms with E-state index in [4.69, 9.17) is 11.6 Å². The first-order valence-electron chi connectivity index (χ1n) is 6.36. The van der Waals surface area contributed by atoms with Crippen molar-refractivity contribution in [1.29, 1.82) is 0 Å². The minimum atomic E-state index is -3.67. The topological polar surface area (TPSA) is 59.1 Å². The quantitative estimate of drug-likeness (QED) is 0.819. The van der Waals surface area contributed by atoms with Gasteiger partial charge in [-0.05, 0) is 34.0 Å². The van der Waals surface area contributed by atoms with Crippen molar-refractivity contribution in [1.82, 2.24) is 9.71 Å². The van der Waals surface area contributed by atoms with Crippen LogP contribution in [0.4, 0.5) is 0 Å². The van der Waals surface area contributed by atoms with E-state index in [-0.39, 0.29) is 22.0 Å². The van der Waals surface area contributed by atoms with E-state index in [9.17, 15) is 8.42 Å². The van der Waals surface area contributed by atoms with Gasteiger partial charge in [-0.3, -0.25) is 0 Å². The molecule has 1 fully saturated rings. The van der Waals surface area contributed by atoms with Crippen LogP contribution in [0.25, 0.3) is 0 Å². The molecule has 0 amide bonds. The number of sulfonamides is 1. The highest BCUT2D eigenvalue weighted by atomic mass is 79.9. The highest BCUT2D eigenvalue weighted by Gasteiger charge is 2.41. The van der Waals surface area contributed by atoms with Gasteiger partial charge in [-0.15, -0.1) is 0 Å². The average molecular weight is 388 g/mol. The van der Waals surface area contributed by atoms with Gasteiger partial charge in [-0.1, -0.05) is 41.9 Å². The van der Waals surface area contributed by atoms with Crippen LogP contribution in [-0.4, -0.2) is 19.4 Å². The Hall–Kier alpha value is -0.950. The second kappa shape index (κ2) is 5.68. The van der Waals surface area contributed by atoms with Gasteiger partial charge in [-0.2, -0.15) is 0 Å². The van der Waals surface area contributed by atoms with Gasteiger partial charge in [0, 0.05) is 22.6 Å². The number of rotatable bonds is 4. The van der Waals surface area contributed by atoms with Crippen LogP contribution in [0.3, 0.4) is 0 Å². The Kier molecular flexibility index (Phi) is 4.05. The normalized spacial score (nSPS) is 21.2. The lowest BCUT2D eigenvalue weighted by Crippen LogP contribution is -2.27. The SMILES string of the molecule is O=S(=O)(NC1CC1c1ccccc1)c1cc(Br)cnc1Cl. The van der Waals surface area contributed by atoms with Crippen molar-refractivity contribution in [2.24, 2.45) is 0 Å². The van der Waals surface area contributed by atoms with Crippen LogP contribution in [0.1, 0.15) is 17.9 Å². The Morgan fingerprint density at radius 1 is 1.29 bits per heavy atom. The van der Waals surface area contributed by atoms with Gasteiger partial charge in [-0.25, -0.2) is 18.1 Å². The molecule has 2 unspecified atom stereocenters. The summed E-state index contributed by atoms with van der Waals surface area (Å²) in [5.41, 5.74) is 1.14. The largest absolute Gasteiger partial charge is 0.243 e. The average Bonchev–Trinajstić information content (AvgIpc) is 3.21. The van der Waals surface area contributed by atoms with Crippen LogP contribution in [-0.2, 0) is 10.0 Å². The summed E-state index contributed by atoms with van der Waals surface area (Å²) in [7, 11) is -3.67. The molecule has 1 aliphatic rings. The zero-order valence-corrected chi connectivity index (χ0v) is 14.0. The van der Waals surface area contributed by atoms with Gasteiger partial charge in [0.1, 0.15) is 10.0 Å². The number of benzene rings is 1. The minimum absolute atomic E-state index is 0.00254. The van der Waals surface area contributed by atoms with E-state index < -0.39 is 10.0 Å². The standard InChI is InChI=1S/C14H12BrClN2O2S/c15-10-6-13(14(16)17-8-10)21(19,20)18-12-7-11(12)9-4-2-1-3-5-9/h1-6,8,11-12,18H,7H2. The van der Waals surface area contributed by atoms with E-state index in [2.05, 4.69) is 25.6 Å². The lowest BCUT2D eigenvalue weighted by atomic mass is 10.1.